The van der Waals surface area contributed by atoms with E-state index in [0.717, 1.165) is 23.5 Å². The van der Waals surface area contributed by atoms with Crippen LogP contribution in [0.2, 0.25) is 0 Å². The number of hydrogen-bond donors (Lipinski definition) is 0. The van der Waals surface area contributed by atoms with E-state index in [2.05, 4.69) is 4.90 Å². The molecule has 0 saturated heterocycles. The molecule has 0 bridgehead atoms. The van der Waals surface area contributed by atoms with Crippen LogP contribution in [0, 0.1) is 0 Å². The molecule has 2 aromatic rings. The van der Waals surface area contributed by atoms with Gasteiger partial charge in [0.25, 0.3) is 0 Å². The number of carbonyl (C=O) groups excluding carboxylic acids is 1. The van der Waals surface area contributed by atoms with Gasteiger partial charge in [-0.3, -0.25) is 4.79 Å². The van der Waals surface area contributed by atoms with Crippen molar-refractivity contribution in [3.05, 3.63) is 59.7 Å². The summed E-state index contributed by atoms with van der Waals surface area (Å²) in [6.07, 6.45) is 0.521. The number of benzene rings is 2. The van der Waals surface area contributed by atoms with Gasteiger partial charge in [0.2, 0.25) is 0 Å². The lowest BCUT2D eigenvalue weighted by Crippen LogP contribution is -2.19. The van der Waals surface area contributed by atoms with Crippen molar-refractivity contribution in [3.63, 3.8) is 0 Å². The summed E-state index contributed by atoms with van der Waals surface area (Å²) in [5, 5.41) is 0. The molecule has 0 aliphatic heterocycles. The van der Waals surface area contributed by atoms with Crippen LogP contribution in [0.5, 0.6) is 5.75 Å². The van der Waals surface area contributed by atoms with Crippen LogP contribution in [-0.2, 0) is 6.54 Å². The molecule has 2 aromatic carbocycles. The van der Waals surface area contributed by atoms with Crippen molar-refractivity contribution in [1.82, 2.24) is 0 Å². The predicted molar refractivity (Wildman–Crippen MR) is 86.2 cm³/mol. The summed E-state index contributed by atoms with van der Waals surface area (Å²) >= 11 is 0. The maximum absolute atomic E-state index is 12.0. The second-order valence-electron chi connectivity index (χ2n) is 5.00. The number of anilines is 1. The zero-order chi connectivity index (χ0) is 15.2. The van der Waals surface area contributed by atoms with Gasteiger partial charge in [0, 0.05) is 31.3 Å². The van der Waals surface area contributed by atoms with Gasteiger partial charge in [-0.2, -0.15) is 0 Å². The van der Waals surface area contributed by atoms with Gasteiger partial charge in [-0.15, -0.1) is 0 Å². The van der Waals surface area contributed by atoms with Crippen LogP contribution in [0.4, 0.5) is 5.69 Å². The topological polar surface area (TPSA) is 29.5 Å². The van der Waals surface area contributed by atoms with Crippen molar-refractivity contribution in [3.8, 4) is 5.75 Å². The van der Waals surface area contributed by atoms with Crippen molar-refractivity contribution in [2.75, 3.05) is 19.1 Å². The number of para-hydroxylation sites is 1. The predicted octanol–water partition coefficient (Wildman–Crippen LogP) is 3.92. The Morgan fingerprint density at radius 1 is 1.10 bits per heavy atom. The van der Waals surface area contributed by atoms with Gasteiger partial charge in [-0.25, -0.2) is 0 Å². The summed E-state index contributed by atoms with van der Waals surface area (Å²) in [5.74, 6) is 1.02. The van der Waals surface area contributed by atoms with Gasteiger partial charge in [-0.05, 0) is 29.8 Å². The average molecular weight is 283 g/mol. The molecule has 0 atom stereocenters. The van der Waals surface area contributed by atoms with Crippen LogP contribution < -0.4 is 9.64 Å². The molecule has 3 heteroatoms. The first-order valence-electron chi connectivity index (χ1n) is 7.12. The zero-order valence-corrected chi connectivity index (χ0v) is 12.8. The Hall–Kier alpha value is -2.29. The monoisotopic (exact) mass is 283 g/mol. The van der Waals surface area contributed by atoms with E-state index in [1.807, 2.05) is 62.5 Å². The second-order valence-corrected chi connectivity index (χ2v) is 5.00. The van der Waals surface area contributed by atoms with Crippen LogP contribution >= 0.6 is 0 Å². The maximum atomic E-state index is 12.0. The third kappa shape index (κ3) is 3.63. The molecule has 3 nitrogen and oxygen atoms in total. The molecule has 0 radical (unpaired) electrons. The largest absolute Gasteiger partial charge is 0.497 e. The highest BCUT2D eigenvalue weighted by atomic mass is 16.5. The molecule has 0 aromatic heterocycles. The van der Waals surface area contributed by atoms with E-state index < -0.39 is 0 Å². The lowest BCUT2D eigenvalue weighted by molar-refractivity contribution is 0.0988. The van der Waals surface area contributed by atoms with Crippen LogP contribution in [0.25, 0.3) is 0 Å². The van der Waals surface area contributed by atoms with E-state index in [4.69, 9.17) is 4.74 Å². The molecule has 0 aliphatic rings. The molecular formula is C18H21NO2. The second kappa shape index (κ2) is 6.93. The number of Topliss-reactive ketones (excluding diaryl/α,β-unsaturated/α-hetero) is 1. The smallest absolute Gasteiger partial charge is 0.164 e. The first kappa shape index (κ1) is 15.1. The fourth-order valence-corrected chi connectivity index (χ4v) is 2.32. The van der Waals surface area contributed by atoms with Crippen molar-refractivity contribution >= 4 is 11.5 Å². The zero-order valence-electron chi connectivity index (χ0n) is 12.8. The first-order valence-corrected chi connectivity index (χ1v) is 7.12. The Labute approximate surface area is 126 Å². The molecular weight excluding hydrogens is 262 g/mol. The van der Waals surface area contributed by atoms with E-state index in [0.29, 0.717) is 6.42 Å². The molecule has 0 N–H and O–H groups in total. The third-order valence-electron chi connectivity index (χ3n) is 3.52. The molecule has 0 unspecified atom stereocenters. The van der Waals surface area contributed by atoms with Gasteiger partial charge in [0.15, 0.2) is 5.78 Å². The molecule has 2 rings (SSSR count). The molecule has 0 amide bonds. The lowest BCUT2D eigenvalue weighted by atomic mass is 10.1. The standard InChI is InChI=1S/C18H21NO2/c1-4-18(20)16-7-5-6-8-17(16)19(2)13-14-9-11-15(21-3)12-10-14/h5-12H,4,13H2,1-3H3. The number of hydrogen-bond acceptors (Lipinski definition) is 3. The van der Waals surface area contributed by atoms with Gasteiger partial charge in [0.05, 0.1) is 7.11 Å². The summed E-state index contributed by atoms with van der Waals surface area (Å²) in [7, 11) is 3.67. The minimum Gasteiger partial charge on any atom is -0.497 e. The average Bonchev–Trinajstić information content (AvgIpc) is 2.54. The summed E-state index contributed by atoms with van der Waals surface area (Å²) < 4.78 is 5.17. The SMILES string of the molecule is CCC(=O)c1ccccc1N(C)Cc1ccc(OC)cc1. The van der Waals surface area contributed by atoms with Crippen molar-refractivity contribution in [1.29, 1.82) is 0 Å². The van der Waals surface area contributed by atoms with Crippen LogP contribution in [0.1, 0.15) is 29.3 Å². The van der Waals surface area contributed by atoms with E-state index >= 15 is 0 Å². The van der Waals surface area contributed by atoms with Gasteiger partial charge < -0.3 is 9.64 Å². The van der Waals surface area contributed by atoms with Crippen LogP contribution in [0.15, 0.2) is 48.5 Å². The Morgan fingerprint density at radius 2 is 1.76 bits per heavy atom. The minimum absolute atomic E-state index is 0.173. The Kier molecular flexibility index (Phi) is 4.99. The van der Waals surface area contributed by atoms with E-state index in [9.17, 15) is 4.79 Å². The highest BCUT2D eigenvalue weighted by Crippen LogP contribution is 2.23. The van der Waals surface area contributed by atoms with Crippen LogP contribution in [0.3, 0.4) is 0 Å². The van der Waals surface area contributed by atoms with Crippen molar-refractivity contribution in [2.45, 2.75) is 19.9 Å². The number of nitrogens with zero attached hydrogens (tertiary/aromatic N) is 1. The number of ether oxygens (including phenoxy) is 1. The molecule has 0 aliphatic carbocycles. The molecule has 0 spiro atoms. The Bertz CT molecular complexity index is 605. The van der Waals surface area contributed by atoms with Gasteiger partial charge in [-0.1, -0.05) is 31.2 Å². The van der Waals surface area contributed by atoms with Gasteiger partial charge >= 0.3 is 0 Å². The van der Waals surface area contributed by atoms with E-state index in [1.165, 1.54) is 5.56 Å². The van der Waals surface area contributed by atoms with E-state index in [1.54, 1.807) is 7.11 Å². The number of rotatable bonds is 6. The molecule has 21 heavy (non-hydrogen) atoms. The molecule has 110 valence electrons. The highest BCUT2D eigenvalue weighted by Gasteiger charge is 2.12. The normalized spacial score (nSPS) is 10.2. The molecule has 0 fully saturated rings. The number of methoxy groups -OCH3 is 1. The number of carbonyl (C=O) groups is 1. The summed E-state index contributed by atoms with van der Waals surface area (Å²) in [6.45, 7) is 2.64. The van der Waals surface area contributed by atoms with Crippen molar-refractivity contribution in [2.24, 2.45) is 0 Å². The summed E-state index contributed by atoms with van der Waals surface area (Å²) in [6, 6.07) is 15.7. The summed E-state index contributed by atoms with van der Waals surface area (Å²) in [4.78, 5) is 14.1. The fourth-order valence-electron chi connectivity index (χ4n) is 2.32. The van der Waals surface area contributed by atoms with Crippen molar-refractivity contribution < 1.29 is 9.53 Å². The third-order valence-corrected chi connectivity index (χ3v) is 3.52. The highest BCUT2D eigenvalue weighted by molar-refractivity contribution is 6.01. The van der Waals surface area contributed by atoms with Crippen LogP contribution in [-0.4, -0.2) is 19.9 Å². The van der Waals surface area contributed by atoms with E-state index in [-0.39, 0.29) is 5.78 Å². The molecule has 0 saturated carbocycles. The van der Waals surface area contributed by atoms with Gasteiger partial charge in [0.1, 0.15) is 5.75 Å². The Balaban J connectivity index is 2.19. The minimum atomic E-state index is 0.173. The lowest BCUT2D eigenvalue weighted by Gasteiger charge is -2.22. The summed E-state index contributed by atoms with van der Waals surface area (Å²) in [5.41, 5.74) is 2.94. The Morgan fingerprint density at radius 3 is 2.38 bits per heavy atom. The molecule has 0 heterocycles. The quantitative estimate of drug-likeness (QED) is 0.752. The fraction of sp³-hybridized carbons (Fsp3) is 0.278. The first-order chi connectivity index (χ1) is 10.2. The number of ketones is 1. The maximum Gasteiger partial charge on any atom is 0.164 e.